The molecule has 0 amide bonds. The predicted octanol–water partition coefficient (Wildman–Crippen LogP) is 5.09. The van der Waals surface area contributed by atoms with Crippen LogP contribution in [0.4, 0.5) is 4.39 Å². The standard InChI is InChI=1S/C19H17ClFNO2/c20-17-9-22-10-19(16(17)11-23)24-12-13-5-1-2-6-14(13)15-7-3-4-8-18(15)21/h3-4,7-11H,1-2,5-6,12H2. The molecule has 0 atom stereocenters. The lowest BCUT2D eigenvalue weighted by atomic mass is 9.87. The van der Waals surface area contributed by atoms with Gasteiger partial charge < -0.3 is 4.74 Å². The number of carbonyl (C=O) groups is 1. The van der Waals surface area contributed by atoms with Gasteiger partial charge in [-0.3, -0.25) is 9.78 Å². The minimum Gasteiger partial charge on any atom is -0.487 e. The van der Waals surface area contributed by atoms with Gasteiger partial charge in [-0.25, -0.2) is 4.39 Å². The van der Waals surface area contributed by atoms with Gasteiger partial charge in [0.05, 0.1) is 16.8 Å². The highest BCUT2D eigenvalue weighted by atomic mass is 35.5. The predicted molar refractivity (Wildman–Crippen MR) is 91.9 cm³/mol. The maximum atomic E-state index is 14.1. The minimum absolute atomic E-state index is 0.218. The average molecular weight is 346 g/mol. The van der Waals surface area contributed by atoms with E-state index in [2.05, 4.69) is 4.98 Å². The maximum absolute atomic E-state index is 14.1. The number of carbonyl (C=O) groups excluding carboxylic acids is 1. The van der Waals surface area contributed by atoms with Gasteiger partial charge in [0, 0.05) is 11.8 Å². The fourth-order valence-electron chi connectivity index (χ4n) is 2.98. The summed E-state index contributed by atoms with van der Waals surface area (Å²) in [7, 11) is 0. The van der Waals surface area contributed by atoms with Gasteiger partial charge in [0.15, 0.2) is 6.29 Å². The number of pyridine rings is 1. The van der Waals surface area contributed by atoms with Crippen LogP contribution in [0.5, 0.6) is 5.75 Å². The van der Waals surface area contributed by atoms with E-state index in [-0.39, 0.29) is 16.4 Å². The third kappa shape index (κ3) is 3.49. The summed E-state index contributed by atoms with van der Waals surface area (Å²) in [5, 5.41) is 0.259. The topological polar surface area (TPSA) is 39.2 Å². The highest BCUT2D eigenvalue weighted by Crippen LogP contribution is 2.34. The average Bonchev–Trinajstić information content (AvgIpc) is 2.61. The van der Waals surface area contributed by atoms with Gasteiger partial charge in [-0.2, -0.15) is 0 Å². The lowest BCUT2D eigenvalue weighted by Crippen LogP contribution is -2.10. The number of allylic oxidation sites excluding steroid dienone is 1. The molecule has 1 heterocycles. The summed E-state index contributed by atoms with van der Waals surface area (Å²) in [4.78, 5) is 15.1. The number of rotatable bonds is 5. The van der Waals surface area contributed by atoms with Gasteiger partial charge in [0.2, 0.25) is 0 Å². The Balaban J connectivity index is 1.88. The molecule has 124 valence electrons. The van der Waals surface area contributed by atoms with Crippen LogP contribution in [-0.4, -0.2) is 17.9 Å². The van der Waals surface area contributed by atoms with Crippen LogP contribution < -0.4 is 4.74 Å². The van der Waals surface area contributed by atoms with Crippen molar-refractivity contribution in [2.45, 2.75) is 25.7 Å². The van der Waals surface area contributed by atoms with Crippen LogP contribution in [0.3, 0.4) is 0 Å². The van der Waals surface area contributed by atoms with Crippen molar-refractivity contribution in [3.05, 3.63) is 64.2 Å². The first-order chi connectivity index (χ1) is 11.7. The Kier molecular flexibility index (Phi) is 5.26. The lowest BCUT2D eigenvalue weighted by Gasteiger charge is -2.21. The molecule has 0 fully saturated rings. The smallest absolute Gasteiger partial charge is 0.155 e. The monoisotopic (exact) mass is 345 g/mol. The van der Waals surface area contributed by atoms with Gasteiger partial charge in [0.1, 0.15) is 18.2 Å². The zero-order valence-corrected chi connectivity index (χ0v) is 13.9. The molecule has 1 aliphatic rings. The fourth-order valence-corrected chi connectivity index (χ4v) is 3.17. The van der Waals surface area contributed by atoms with E-state index in [1.165, 1.54) is 18.5 Å². The third-order valence-electron chi connectivity index (χ3n) is 4.20. The van der Waals surface area contributed by atoms with Crippen LogP contribution in [-0.2, 0) is 0 Å². The third-order valence-corrected chi connectivity index (χ3v) is 4.50. The van der Waals surface area contributed by atoms with Crippen molar-refractivity contribution in [1.82, 2.24) is 4.98 Å². The van der Waals surface area contributed by atoms with Gasteiger partial charge >= 0.3 is 0 Å². The molecule has 2 aromatic rings. The molecular weight excluding hydrogens is 329 g/mol. The second kappa shape index (κ2) is 7.58. The van der Waals surface area contributed by atoms with Crippen molar-refractivity contribution in [2.24, 2.45) is 0 Å². The van der Waals surface area contributed by atoms with E-state index in [0.29, 0.717) is 24.2 Å². The number of benzene rings is 1. The Morgan fingerprint density at radius 3 is 2.79 bits per heavy atom. The minimum atomic E-state index is -0.218. The van der Waals surface area contributed by atoms with Crippen LogP contribution in [0.15, 0.2) is 42.2 Å². The summed E-state index contributed by atoms with van der Waals surface area (Å²) >= 11 is 5.96. The van der Waals surface area contributed by atoms with Crippen LogP contribution in [0.25, 0.3) is 5.57 Å². The molecule has 0 saturated carbocycles. The van der Waals surface area contributed by atoms with E-state index in [1.54, 1.807) is 12.1 Å². The molecule has 24 heavy (non-hydrogen) atoms. The molecule has 0 bridgehead atoms. The first kappa shape index (κ1) is 16.7. The van der Waals surface area contributed by atoms with Gasteiger partial charge in [-0.1, -0.05) is 29.8 Å². The van der Waals surface area contributed by atoms with E-state index in [1.807, 2.05) is 6.07 Å². The summed E-state index contributed by atoms with van der Waals surface area (Å²) in [6.45, 7) is 0.298. The van der Waals surface area contributed by atoms with Crippen molar-refractivity contribution >= 4 is 23.5 Å². The van der Waals surface area contributed by atoms with E-state index in [9.17, 15) is 9.18 Å². The Morgan fingerprint density at radius 2 is 2.00 bits per heavy atom. The molecule has 0 saturated heterocycles. The van der Waals surface area contributed by atoms with Crippen molar-refractivity contribution in [2.75, 3.05) is 6.61 Å². The summed E-state index contributed by atoms with van der Waals surface area (Å²) in [6, 6.07) is 6.80. The van der Waals surface area contributed by atoms with Crippen molar-refractivity contribution in [3.8, 4) is 5.75 Å². The summed E-state index contributed by atoms with van der Waals surface area (Å²) in [5.41, 5.74) is 2.98. The SMILES string of the molecule is O=Cc1c(Cl)cncc1OCC1=C(c2ccccc2F)CCCC1. The molecular formula is C19H17ClFNO2. The molecule has 0 N–H and O–H groups in total. The number of nitrogens with zero attached hydrogens (tertiary/aromatic N) is 1. The van der Waals surface area contributed by atoms with Gasteiger partial charge in [-0.15, -0.1) is 0 Å². The zero-order valence-electron chi connectivity index (χ0n) is 13.1. The first-order valence-electron chi connectivity index (χ1n) is 7.88. The summed E-state index contributed by atoms with van der Waals surface area (Å²) in [5.74, 6) is 0.133. The van der Waals surface area contributed by atoms with Gasteiger partial charge in [-0.05, 0) is 42.9 Å². The van der Waals surface area contributed by atoms with E-state index < -0.39 is 0 Å². The van der Waals surface area contributed by atoms with Crippen molar-refractivity contribution < 1.29 is 13.9 Å². The zero-order chi connectivity index (χ0) is 16.9. The molecule has 1 aliphatic carbocycles. The van der Waals surface area contributed by atoms with Crippen LogP contribution in [0.2, 0.25) is 5.02 Å². The quantitative estimate of drug-likeness (QED) is 0.708. The molecule has 0 aliphatic heterocycles. The molecule has 0 radical (unpaired) electrons. The number of aldehydes is 1. The first-order valence-corrected chi connectivity index (χ1v) is 8.25. The molecule has 0 unspecified atom stereocenters. The summed E-state index contributed by atoms with van der Waals surface area (Å²) < 4.78 is 19.9. The van der Waals surface area contributed by atoms with E-state index in [0.717, 1.165) is 36.8 Å². The highest BCUT2D eigenvalue weighted by molar-refractivity contribution is 6.33. The maximum Gasteiger partial charge on any atom is 0.155 e. The lowest BCUT2D eigenvalue weighted by molar-refractivity contribution is 0.112. The summed E-state index contributed by atoms with van der Waals surface area (Å²) in [6.07, 6.45) is 7.30. The van der Waals surface area contributed by atoms with E-state index in [4.69, 9.17) is 16.3 Å². The Labute approximate surface area is 145 Å². The molecule has 3 rings (SSSR count). The van der Waals surface area contributed by atoms with Crippen LogP contribution >= 0.6 is 11.6 Å². The fraction of sp³-hybridized carbons (Fsp3) is 0.263. The second-order valence-electron chi connectivity index (χ2n) is 5.71. The molecule has 1 aromatic heterocycles. The normalized spacial score (nSPS) is 14.6. The van der Waals surface area contributed by atoms with Crippen LogP contribution in [0.1, 0.15) is 41.6 Å². The van der Waals surface area contributed by atoms with E-state index >= 15 is 0 Å². The van der Waals surface area contributed by atoms with Gasteiger partial charge in [0.25, 0.3) is 0 Å². The highest BCUT2D eigenvalue weighted by Gasteiger charge is 2.18. The number of halogens is 2. The number of ether oxygens (including phenoxy) is 1. The molecule has 5 heteroatoms. The number of aromatic nitrogens is 1. The molecule has 3 nitrogen and oxygen atoms in total. The molecule has 0 spiro atoms. The second-order valence-corrected chi connectivity index (χ2v) is 6.12. The Hall–Kier alpha value is -2.20. The number of hydrogen-bond donors (Lipinski definition) is 0. The Morgan fingerprint density at radius 1 is 1.21 bits per heavy atom. The molecule has 1 aromatic carbocycles. The number of hydrogen-bond acceptors (Lipinski definition) is 3. The van der Waals surface area contributed by atoms with Crippen molar-refractivity contribution in [3.63, 3.8) is 0 Å². The Bertz CT molecular complexity index is 789. The van der Waals surface area contributed by atoms with Crippen LogP contribution in [0, 0.1) is 5.82 Å². The van der Waals surface area contributed by atoms with Crippen molar-refractivity contribution in [1.29, 1.82) is 0 Å². The largest absolute Gasteiger partial charge is 0.487 e.